The van der Waals surface area contributed by atoms with E-state index in [-0.39, 0.29) is 24.1 Å². The molecule has 32 heavy (non-hydrogen) atoms. The van der Waals surface area contributed by atoms with Gasteiger partial charge in [0.05, 0.1) is 32.4 Å². The number of ether oxygens (including phenoxy) is 2. The Bertz CT molecular complexity index is 1150. The molecule has 0 spiro atoms. The van der Waals surface area contributed by atoms with Gasteiger partial charge in [-0.15, -0.1) is 0 Å². The number of nitrogens with one attached hydrogen (secondary N) is 1. The van der Waals surface area contributed by atoms with Gasteiger partial charge >= 0.3 is 0 Å². The van der Waals surface area contributed by atoms with Crippen LogP contribution in [-0.4, -0.2) is 30.9 Å². The first-order chi connectivity index (χ1) is 15.5. The van der Waals surface area contributed by atoms with Crippen LogP contribution in [0.5, 0.6) is 11.5 Å². The van der Waals surface area contributed by atoms with Crippen molar-refractivity contribution in [1.82, 2.24) is 4.90 Å². The van der Waals surface area contributed by atoms with Crippen LogP contribution in [0, 0.1) is 5.82 Å². The van der Waals surface area contributed by atoms with Gasteiger partial charge in [-0.25, -0.2) is 4.39 Å². The van der Waals surface area contributed by atoms with Crippen LogP contribution in [0.2, 0.25) is 0 Å². The van der Waals surface area contributed by atoms with E-state index in [2.05, 4.69) is 5.32 Å². The zero-order valence-corrected chi connectivity index (χ0v) is 17.8. The molecule has 1 atom stereocenters. The van der Waals surface area contributed by atoms with Crippen LogP contribution in [0.15, 0.2) is 66.7 Å². The van der Waals surface area contributed by atoms with Crippen LogP contribution in [0.4, 0.5) is 10.1 Å². The molecule has 1 N–H and O–H groups in total. The summed E-state index contributed by atoms with van der Waals surface area (Å²) in [6.45, 7) is 0.382. The van der Waals surface area contributed by atoms with Gasteiger partial charge in [-0.2, -0.15) is 0 Å². The average Bonchev–Trinajstić information content (AvgIpc) is 3.14. The SMILES string of the molecule is COc1ccc(OC)c(NC(=O)C[C@H](c2ccc(F)cc2)N2Cc3ccccc3C2=O)c1. The quantitative estimate of drug-likeness (QED) is 0.592. The Labute approximate surface area is 185 Å². The normalized spacial score (nSPS) is 13.5. The van der Waals surface area contributed by atoms with Gasteiger partial charge in [0, 0.05) is 18.2 Å². The van der Waals surface area contributed by atoms with E-state index in [4.69, 9.17) is 9.47 Å². The van der Waals surface area contributed by atoms with Gasteiger partial charge in [0.15, 0.2) is 0 Å². The molecule has 4 rings (SSSR count). The molecule has 6 nitrogen and oxygen atoms in total. The molecule has 1 aliphatic rings. The Kier molecular flexibility index (Phi) is 6.07. The van der Waals surface area contributed by atoms with E-state index in [1.54, 1.807) is 41.3 Å². The molecule has 0 aliphatic carbocycles. The standard InChI is InChI=1S/C25H23FN2O4/c1-31-19-11-12-23(32-2)21(13-19)27-24(29)14-22(16-7-9-18(26)10-8-16)28-15-17-5-3-4-6-20(17)25(28)30/h3-13,22H,14-15H2,1-2H3,(H,27,29)/t22-/m1/s1. The first kappa shape index (κ1) is 21.4. The predicted octanol–water partition coefficient (Wildman–Crippen LogP) is 4.57. The molecular formula is C25H23FN2O4. The summed E-state index contributed by atoms with van der Waals surface area (Å²) in [4.78, 5) is 27.8. The maximum absolute atomic E-state index is 13.5. The molecule has 0 fully saturated rings. The number of rotatable bonds is 7. The lowest BCUT2D eigenvalue weighted by atomic mass is 10.0. The Morgan fingerprint density at radius 3 is 2.50 bits per heavy atom. The third kappa shape index (κ3) is 4.27. The summed E-state index contributed by atoms with van der Waals surface area (Å²) < 4.78 is 24.1. The molecule has 1 aliphatic heterocycles. The number of fused-ring (bicyclic) bond motifs is 1. The highest BCUT2D eigenvalue weighted by atomic mass is 19.1. The number of amides is 2. The number of hydrogen-bond acceptors (Lipinski definition) is 4. The van der Waals surface area contributed by atoms with E-state index in [1.807, 2.05) is 18.2 Å². The van der Waals surface area contributed by atoms with Crippen molar-refractivity contribution < 1.29 is 23.5 Å². The van der Waals surface area contributed by atoms with Gasteiger partial charge in [0.2, 0.25) is 5.91 Å². The third-order valence-corrected chi connectivity index (χ3v) is 5.54. The summed E-state index contributed by atoms with van der Waals surface area (Å²) in [6.07, 6.45) is -0.00821. The summed E-state index contributed by atoms with van der Waals surface area (Å²) in [5.41, 5.74) is 2.67. The molecule has 0 unspecified atom stereocenters. The van der Waals surface area contributed by atoms with Gasteiger partial charge in [-0.1, -0.05) is 30.3 Å². The lowest BCUT2D eigenvalue weighted by Gasteiger charge is -2.28. The number of halogens is 1. The molecule has 164 valence electrons. The maximum atomic E-state index is 13.5. The molecule has 0 saturated carbocycles. The summed E-state index contributed by atoms with van der Waals surface area (Å²) in [6, 6.07) is 17.8. The lowest BCUT2D eigenvalue weighted by Crippen LogP contribution is -2.32. The number of carbonyl (C=O) groups is 2. The second-order valence-corrected chi connectivity index (χ2v) is 7.48. The van der Waals surface area contributed by atoms with Crippen LogP contribution in [-0.2, 0) is 11.3 Å². The number of nitrogens with zero attached hydrogens (tertiary/aromatic N) is 1. The summed E-state index contributed by atoms with van der Waals surface area (Å²) in [5, 5.41) is 2.85. The highest BCUT2D eigenvalue weighted by molar-refractivity contribution is 5.99. The molecule has 0 aromatic heterocycles. The number of methoxy groups -OCH3 is 2. The largest absolute Gasteiger partial charge is 0.497 e. The molecule has 0 radical (unpaired) electrons. The number of hydrogen-bond donors (Lipinski definition) is 1. The predicted molar refractivity (Wildman–Crippen MR) is 118 cm³/mol. The van der Waals surface area contributed by atoms with Gasteiger partial charge in [-0.3, -0.25) is 9.59 Å². The van der Waals surface area contributed by atoms with Crippen molar-refractivity contribution in [3.8, 4) is 11.5 Å². The zero-order chi connectivity index (χ0) is 22.7. The van der Waals surface area contributed by atoms with Crippen molar-refractivity contribution in [3.63, 3.8) is 0 Å². The number of benzene rings is 3. The topological polar surface area (TPSA) is 67.9 Å². The van der Waals surface area contributed by atoms with E-state index in [9.17, 15) is 14.0 Å². The van der Waals surface area contributed by atoms with Crippen molar-refractivity contribution in [2.75, 3.05) is 19.5 Å². The van der Waals surface area contributed by atoms with E-state index < -0.39 is 6.04 Å². The molecule has 0 saturated heterocycles. The Hall–Kier alpha value is -3.87. The minimum atomic E-state index is -0.563. The van der Waals surface area contributed by atoms with Crippen molar-refractivity contribution in [2.24, 2.45) is 0 Å². The summed E-state index contributed by atoms with van der Waals surface area (Å²) in [7, 11) is 3.05. The zero-order valence-electron chi connectivity index (χ0n) is 17.8. The van der Waals surface area contributed by atoms with E-state index in [1.165, 1.54) is 26.4 Å². The third-order valence-electron chi connectivity index (χ3n) is 5.54. The highest BCUT2D eigenvalue weighted by Gasteiger charge is 2.34. The Morgan fingerprint density at radius 1 is 1.06 bits per heavy atom. The summed E-state index contributed by atoms with van der Waals surface area (Å²) >= 11 is 0. The van der Waals surface area contributed by atoms with Gasteiger partial charge in [0.1, 0.15) is 17.3 Å². The fourth-order valence-electron chi connectivity index (χ4n) is 3.91. The molecule has 7 heteroatoms. The fourth-order valence-corrected chi connectivity index (χ4v) is 3.91. The lowest BCUT2D eigenvalue weighted by molar-refractivity contribution is -0.117. The average molecular weight is 434 g/mol. The van der Waals surface area contributed by atoms with Crippen LogP contribution in [0.3, 0.4) is 0 Å². The maximum Gasteiger partial charge on any atom is 0.255 e. The molecule has 1 heterocycles. The minimum absolute atomic E-state index is 0.00821. The molecule has 0 bridgehead atoms. The molecule has 3 aromatic carbocycles. The van der Waals surface area contributed by atoms with Gasteiger partial charge in [0.25, 0.3) is 5.91 Å². The van der Waals surface area contributed by atoms with Crippen molar-refractivity contribution in [1.29, 1.82) is 0 Å². The van der Waals surface area contributed by atoms with Crippen molar-refractivity contribution in [2.45, 2.75) is 19.0 Å². The monoisotopic (exact) mass is 434 g/mol. The first-order valence-corrected chi connectivity index (χ1v) is 10.2. The minimum Gasteiger partial charge on any atom is -0.497 e. The van der Waals surface area contributed by atoms with Crippen LogP contribution in [0.25, 0.3) is 0 Å². The number of carbonyl (C=O) groups excluding carboxylic acids is 2. The van der Waals surface area contributed by atoms with E-state index in [0.29, 0.717) is 34.9 Å². The molecule has 3 aromatic rings. The van der Waals surface area contributed by atoms with Crippen molar-refractivity contribution >= 4 is 17.5 Å². The Balaban J connectivity index is 1.61. The van der Waals surface area contributed by atoms with E-state index in [0.717, 1.165) is 5.56 Å². The Morgan fingerprint density at radius 2 is 1.81 bits per heavy atom. The van der Waals surface area contributed by atoms with Gasteiger partial charge in [-0.05, 0) is 41.5 Å². The fraction of sp³-hybridized carbons (Fsp3) is 0.200. The smallest absolute Gasteiger partial charge is 0.255 e. The number of anilines is 1. The highest BCUT2D eigenvalue weighted by Crippen LogP contribution is 2.35. The van der Waals surface area contributed by atoms with Crippen LogP contribution < -0.4 is 14.8 Å². The van der Waals surface area contributed by atoms with Crippen LogP contribution >= 0.6 is 0 Å². The summed E-state index contributed by atoms with van der Waals surface area (Å²) in [5.74, 6) is 0.217. The molecular weight excluding hydrogens is 411 g/mol. The van der Waals surface area contributed by atoms with Gasteiger partial charge < -0.3 is 19.7 Å². The molecule has 2 amide bonds. The first-order valence-electron chi connectivity index (χ1n) is 10.2. The van der Waals surface area contributed by atoms with Crippen LogP contribution in [0.1, 0.15) is 33.9 Å². The second kappa shape index (κ2) is 9.09. The van der Waals surface area contributed by atoms with Crippen molar-refractivity contribution in [3.05, 3.63) is 89.2 Å². The second-order valence-electron chi connectivity index (χ2n) is 7.48. The van der Waals surface area contributed by atoms with E-state index >= 15 is 0 Å².